The Kier molecular flexibility index (Phi) is 4.49. The van der Waals surface area contributed by atoms with Crippen molar-refractivity contribution in [1.82, 2.24) is 5.48 Å². The van der Waals surface area contributed by atoms with E-state index in [9.17, 15) is 19.3 Å². The predicted molar refractivity (Wildman–Crippen MR) is 55.0 cm³/mol. The SMILES string of the molecule is NC(=O)CONCc1cc(F)cc([N+](=O)[O-])c1. The highest BCUT2D eigenvalue weighted by atomic mass is 19.1. The van der Waals surface area contributed by atoms with E-state index in [4.69, 9.17) is 5.73 Å². The number of nitrogens with one attached hydrogen (secondary N) is 1. The lowest BCUT2D eigenvalue weighted by Gasteiger charge is -2.04. The van der Waals surface area contributed by atoms with Crippen molar-refractivity contribution in [1.29, 1.82) is 0 Å². The molecule has 0 saturated carbocycles. The molecule has 0 atom stereocenters. The van der Waals surface area contributed by atoms with E-state index < -0.39 is 16.6 Å². The second-order valence-corrected chi connectivity index (χ2v) is 3.15. The topological polar surface area (TPSA) is 107 Å². The summed E-state index contributed by atoms with van der Waals surface area (Å²) in [4.78, 5) is 24.7. The molecule has 0 unspecified atom stereocenters. The molecule has 1 amide bonds. The number of hydrogen-bond donors (Lipinski definition) is 2. The number of nitrogens with zero attached hydrogens (tertiary/aromatic N) is 1. The Morgan fingerprint density at radius 1 is 1.53 bits per heavy atom. The van der Waals surface area contributed by atoms with Gasteiger partial charge in [0.25, 0.3) is 5.69 Å². The van der Waals surface area contributed by atoms with Gasteiger partial charge in [-0.25, -0.2) is 4.39 Å². The molecule has 0 aliphatic heterocycles. The average molecular weight is 243 g/mol. The highest BCUT2D eigenvalue weighted by Gasteiger charge is 2.09. The van der Waals surface area contributed by atoms with Gasteiger partial charge >= 0.3 is 0 Å². The molecule has 0 radical (unpaired) electrons. The minimum Gasteiger partial charge on any atom is -0.368 e. The van der Waals surface area contributed by atoms with E-state index in [1.807, 2.05) is 0 Å². The van der Waals surface area contributed by atoms with Crippen LogP contribution in [0, 0.1) is 15.9 Å². The Morgan fingerprint density at radius 2 is 2.24 bits per heavy atom. The van der Waals surface area contributed by atoms with E-state index in [1.54, 1.807) is 0 Å². The first-order valence-corrected chi connectivity index (χ1v) is 4.56. The third-order valence-corrected chi connectivity index (χ3v) is 1.75. The van der Waals surface area contributed by atoms with Crippen molar-refractivity contribution in [3.05, 3.63) is 39.7 Å². The van der Waals surface area contributed by atoms with Crippen LogP contribution in [0.25, 0.3) is 0 Å². The summed E-state index contributed by atoms with van der Waals surface area (Å²) in [6.45, 7) is -0.316. The minimum absolute atomic E-state index is 0.0197. The smallest absolute Gasteiger partial charge is 0.272 e. The number of nitro benzene ring substituents is 1. The number of carbonyl (C=O) groups excluding carboxylic acids is 1. The summed E-state index contributed by atoms with van der Waals surface area (Å²) < 4.78 is 13.0. The van der Waals surface area contributed by atoms with Crippen molar-refractivity contribution in [3.63, 3.8) is 0 Å². The fourth-order valence-corrected chi connectivity index (χ4v) is 1.10. The Hall–Kier alpha value is -2.06. The van der Waals surface area contributed by atoms with E-state index in [-0.39, 0.29) is 18.8 Å². The van der Waals surface area contributed by atoms with E-state index in [0.29, 0.717) is 5.56 Å². The number of carbonyl (C=O) groups is 1. The number of hydroxylamine groups is 1. The van der Waals surface area contributed by atoms with Gasteiger partial charge in [-0.2, -0.15) is 5.48 Å². The largest absolute Gasteiger partial charge is 0.368 e. The van der Waals surface area contributed by atoms with Crippen molar-refractivity contribution < 1.29 is 18.9 Å². The average Bonchev–Trinajstić information content (AvgIpc) is 2.23. The highest BCUT2D eigenvalue weighted by molar-refractivity contribution is 5.74. The Bertz CT molecular complexity index is 438. The molecular formula is C9H10FN3O4. The number of benzene rings is 1. The summed E-state index contributed by atoms with van der Waals surface area (Å²) in [5.41, 5.74) is 7.11. The molecule has 0 saturated heterocycles. The lowest BCUT2D eigenvalue weighted by atomic mass is 10.2. The van der Waals surface area contributed by atoms with E-state index >= 15 is 0 Å². The van der Waals surface area contributed by atoms with Crippen molar-refractivity contribution in [3.8, 4) is 0 Å². The van der Waals surface area contributed by atoms with Crippen LogP contribution < -0.4 is 11.2 Å². The van der Waals surface area contributed by atoms with Crippen LogP contribution in [0.4, 0.5) is 10.1 Å². The summed E-state index contributed by atoms with van der Waals surface area (Å²) in [6.07, 6.45) is 0. The zero-order valence-corrected chi connectivity index (χ0v) is 8.68. The van der Waals surface area contributed by atoms with Crippen LogP contribution in [0.3, 0.4) is 0 Å². The number of halogens is 1. The van der Waals surface area contributed by atoms with Crippen LogP contribution in [0.2, 0.25) is 0 Å². The lowest BCUT2D eigenvalue weighted by Crippen LogP contribution is -2.24. The third-order valence-electron chi connectivity index (χ3n) is 1.75. The van der Waals surface area contributed by atoms with Crippen LogP contribution in [-0.2, 0) is 16.2 Å². The Balaban J connectivity index is 2.59. The molecular weight excluding hydrogens is 233 g/mol. The maximum absolute atomic E-state index is 13.0. The molecule has 1 aromatic rings. The summed E-state index contributed by atoms with van der Waals surface area (Å²) in [6, 6.07) is 3.13. The predicted octanol–water partition coefficient (Wildman–Crippen LogP) is 0.240. The van der Waals surface area contributed by atoms with E-state index in [0.717, 1.165) is 12.1 Å². The van der Waals surface area contributed by atoms with Gasteiger partial charge in [0.05, 0.1) is 11.0 Å². The monoisotopic (exact) mass is 243 g/mol. The maximum Gasteiger partial charge on any atom is 0.272 e. The standard InChI is InChI=1S/C9H10FN3O4/c10-7-1-6(2-8(3-7)13(15)16)4-12-17-5-9(11)14/h1-3,12H,4-5H2,(H2,11,14). The van der Waals surface area contributed by atoms with E-state index in [2.05, 4.69) is 10.3 Å². The third kappa shape index (κ3) is 4.53. The lowest BCUT2D eigenvalue weighted by molar-refractivity contribution is -0.385. The molecule has 0 heterocycles. The van der Waals surface area contributed by atoms with Gasteiger partial charge in [-0.3, -0.25) is 19.7 Å². The number of primary amides is 1. The molecule has 17 heavy (non-hydrogen) atoms. The van der Waals surface area contributed by atoms with Crippen LogP contribution in [-0.4, -0.2) is 17.4 Å². The number of hydrogen-bond acceptors (Lipinski definition) is 5. The van der Waals surface area contributed by atoms with Crippen molar-refractivity contribution in [2.75, 3.05) is 6.61 Å². The number of non-ortho nitro benzene ring substituents is 1. The van der Waals surface area contributed by atoms with Gasteiger partial charge in [0, 0.05) is 12.6 Å². The van der Waals surface area contributed by atoms with Crippen LogP contribution in [0.15, 0.2) is 18.2 Å². The Labute approximate surface area is 95.5 Å². The van der Waals surface area contributed by atoms with Crippen molar-refractivity contribution in [2.45, 2.75) is 6.54 Å². The van der Waals surface area contributed by atoms with Crippen molar-refractivity contribution in [2.24, 2.45) is 5.73 Å². The summed E-state index contributed by atoms with van der Waals surface area (Å²) in [5.74, 6) is -1.38. The quantitative estimate of drug-likeness (QED) is 0.422. The molecule has 0 fully saturated rings. The molecule has 0 aliphatic carbocycles. The molecule has 7 nitrogen and oxygen atoms in total. The molecule has 0 aliphatic rings. The molecule has 0 aromatic heterocycles. The number of nitro groups is 1. The molecule has 0 bridgehead atoms. The summed E-state index contributed by atoms with van der Waals surface area (Å²) >= 11 is 0. The fraction of sp³-hybridized carbons (Fsp3) is 0.222. The van der Waals surface area contributed by atoms with E-state index in [1.165, 1.54) is 6.07 Å². The van der Waals surface area contributed by atoms with Gasteiger partial charge in [0.2, 0.25) is 5.91 Å². The Morgan fingerprint density at radius 3 is 2.82 bits per heavy atom. The van der Waals surface area contributed by atoms with Gasteiger partial charge in [0.15, 0.2) is 0 Å². The number of nitrogens with two attached hydrogens (primary N) is 1. The normalized spacial score (nSPS) is 10.2. The van der Waals surface area contributed by atoms with Gasteiger partial charge in [0.1, 0.15) is 12.4 Å². The zero-order chi connectivity index (χ0) is 12.8. The fourth-order valence-electron chi connectivity index (χ4n) is 1.10. The first-order chi connectivity index (χ1) is 7.99. The molecule has 3 N–H and O–H groups in total. The maximum atomic E-state index is 13.0. The highest BCUT2D eigenvalue weighted by Crippen LogP contribution is 2.15. The second kappa shape index (κ2) is 5.87. The first-order valence-electron chi connectivity index (χ1n) is 4.56. The summed E-state index contributed by atoms with van der Waals surface area (Å²) in [7, 11) is 0. The van der Waals surface area contributed by atoms with Gasteiger partial charge in [-0.15, -0.1) is 0 Å². The van der Waals surface area contributed by atoms with Crippen LogP contribution >= 0.6 is 0 Å². The second-order valence-electron chi connectivity index (χ2n) is 3.15. The molecule has 0 spiro atoms. The molecule has 1 rings (SSSR count). The molecule has 1 aromatic carbocycles. The van der Waals surface area contributed by atoms with Crippen molar-refractivity contribution >= 4 is 11.6 Å². The van der Waals surface area contributed by atoms with Gasteiger partial charge in [-0.1, -0.05) is 0 Å². The minimum atomic E-state index is -0.717. The number of amides is 1. The van der Waals surface area contributed by atoms with Crippen LogP contribution in [0.1, 0.15) is 5.56 Å². The first kappa shape index (κ1) is 13.0. The van der Waals surface area contributed by atoms with Gasteiger partial charge < -0.3 is 5.73 Å². The zero-order valence-electron chi connectivity index (χ0n) is 8.68. The molecule has 8 heteroatoms. The summed E-state index contributed by atoms with van der Waals surface area (Å²) in [5, 5.41) is 10.5. The number of rotatable bonds is 6. The van der Waals surface area contributed by atoms with Crippen LogP contribution in [0.5, 0.6) is 0 Å². The van der Waals surface area contributed by atoms with Gasteiger partial charge in [-0.05, 0) is 11.6 Å². The molecule has 92 valence electrons.